The van der Waals surface area contributed by atoms with Gasteiger partial charge in [0.1, 0.15) is 17.0 Å². The van der Waals surface area contributed by atoms with E-state index in [1.54, 1.807) is 18.2 Å². The van der Waals surface area contributed by atoms with Gasteiger partial charge in [-0.25, -0.2) is 24.4 Å². The molecule has 0 radical (unpaired) electrons. The van der Waals surface area contributed by atoms with E-state index in [0.717, 1.165) is 11.3 Å². The average Bonchev–Trinajstić information content (AvgIpc) is 3.18. The number of nitrogens with zero attached hydrogens (tertiary/aromatic N) is 4. The first-order valence-corrected chi connectivity index (χ1v) is 19.1. The zero-order chi connectivity index (χ0) is 40.9. The van der Waals surface area contributed by atoms with Gasteiger partial charge in [0.2, 0.25) is 0 Å². The number of amides is 1. The molecule has 0 bridgehead atoms. The highest BCUT2D eigenvalue weighted by Crippen LogP contribution is 2.19. The summed E-state index contributed by atoms with van der Waals surface area (Å²) >= 11 is 0. The van der Waals surface area contributed by atoms with Gasteiger partial charge < -0.3 is 37.9 Å². The second-order valence-corrected chi connectivity index (χ2v) is 14.1. The van der Waals surface area contributed by atoms with Gasteiger partial charge in [0.25, 0.3) is 0 Å². The lowest BCUT2D eigenvalue weighted by molar-refractivity contribution is 0.00596. The van der Waals surface area contributed by atoms with Crippen molar-refractivity contribution in [1.29, 1.82) is 0 Å². The van der Waals surface area contributed by atoms with Gasteiger partial charge in [0.05, 0.1) is 85.1 Å². The van der Waals surface area contributed by atoms with Crippen molar-refractivity contribution in [2.45, 2.75) is 45.9 Å². The van der Waals surface area contributed by atoms with Crippen molar-refractivity contribution in [1.82, 2.24) is 19.8 Å². The molecule has 4 rings (SSSR count). The van der Waals surface area contributed by atoms with Crippen LogP contribution in [0.3, 0.4) is 0 Å². The zero-order valence-electron chi connectivity index (χ0n) is 33.8. The predicted octanol–water partition coefficient (Wildman–Crippen LogP) is 4.40. The highest BCUT2D eigenvalue weighted by Gasteiger charge is 2.18. The van der Waals surface area contributed by atoms with Crippen LogP contribution in [0.15, 0.2) is 54.6 Å². The number of carbonyl (C=O) groups excluding carboxylic acids is 3. The van der Waals surface area contributed by atoms with Gasteiger partial charge in [-0.3, -0.25) is 15.1 Å². The summed E-state index contributed by atoms with van der Waals surface area (Å²) < 4.78 is 44.8. The standard InChI is InChI=1S/C41H57N5O11/c1-41(2,3)57-40(49)44-32-11-9-31(10-12-32)13-18-56-35-27-34(43-37(28-35)39(48)51-5)30-46-16-21-54-25-23-52-19-14-45(15-20-53-24-26-55-22-17-46)29-33-7-6-8-36(42-33)38(47)50-4/h6-12,27-28H,13-26,29-30H2,1-5H3,(H,44,49). The lowest BCUT2D eigenvalue weighted by Crippen LogP contribution is -2.33. The number of ether oxygens (including phenoxy) is 8. The summed E-state index contributed by atoms with van der Waals surface area (Å²) in [5.74, 6) is -0.538. The lowest BCUT2D eigenvalue weighted by atomic mass is 10.1. The number of pyridine rings is 2. The number of anilines is 1. The highest BCUT2D eigenvalue weighted by atomic mass is 16.6. The van der Waals surface area contributed by atoms with Crippen molar-refractivity contribution in [2.75, 3.05) is 105 Å². The second kappa shape index (κ2) is 24.1. The third-order valence-corrected chi connectivity index (χ3v) is 8.43. The number of aromatic nitrogens is 2. The van der Waals surface area contributed by atoms with Crippen molar-refractivity contribution in [3.63, 3.8) is 0 Å². The molecule has 1 aliphatic rings. The maximum absolute atomic E-state index is 12.6. The molecule has 0 atom stereocenters. The predicted molar refractivity (Wildman–Crippen MR) is 210 cm³/mol. The fourth-order valence-corrected chi connectivity index (χ4v) is 5.60. The SMILES string of the molecule is COC(=O)c1cccc(CN2CCOCCOCCN(Cc3cc(OCCc4ccc(NC(=O)OC(C)(C)C)cc4)cc(C(=O)OC)n3)CCOCCOCC2)n1. The molecular formula is C41H57N5O11. The van der Waals surface area contributed by atoms with Crippen LogP contribution >= 0.6 is 0 Å². The van der Waals surface area contributed by atoms with E-state index in [4.69, 9.17) is 37.9 Å². The molecule has 16 heteroatoms. The van der Waals surface area contributed by atoms with Crippen molar-refractivity contribution in [2.24, 2.45) is 0 Å². The largest absolute Gasteiger partial charge is 0.493 e. The third kappa shape index (κ3) is 17.5. The van der Waals surface area contributed by atoms with Crippen LogP contribution in [-0.4, -0.2) is 143 Å². The van der Waals surface area contributed by atoms with E-state index >= 15 is 0 Å². The average molecular weight is 796 g/mol. The van der Waals surface area contributed by atoms with Crippen molar-refractivity contribution >= 4 is 23.7 Å². The third-order valence-electron chi connectivity index (χ3n) is 8.43. The van der Waals surface area contributed by atoms with Gasteiger partial charge >= 0.3 is 18.0 Å². The Morgan fingerprint density at radius 3 is 1.75 bits per heavy atom. The van der Waals surface area contributed by atoms with Crippen LogP contribution < -0.4 is 10.1 Å². The Labute approximate surface area is 335 Å². The van der Waals surface area contributed by atoms with Crippen LogP contribution in [0.5, 0.6) is 5.75 Å². The molecule has 1 saturated heterocycles. The van der Waals surface area contributed by atoms with Gasteiger partial charge in [-0.15, -0.1) is 0 Å². The molecule has 0 unspecified atom stereocenters. The van der Waals surface area contributed by atoms with Gasteiger partial charge in [-0.2, -0.15) is 0 Å². The summed E-state index contributed by atoms with van der Waals surface area (Å²) in [5.41, 5.74) is 2.85. The van der Waals surface area contributed by atoms with Crippen LogP contribution in [0.4, 0.5) is 10.5 Å². The number of hydrogen-bond acceptors (Lipinski definition) is 15. The van der Waals surface area contributed by atoms with E-state index in [2.05, 4.69) is 25.1 Å². The number of hydrogen-bond donors (Lipinski definition) is 1. The number of esters is 2. The Balaban J connectivity index is 1.29. The van der Waals surface area contributed by atoms with Crippen LogP contribution in [0.25, 0.3) is 0 Å². The van der Waals surface area contributed by atoms with E-state index in [0.29, 0.717) is 122 Å². The van der Waals surface area contributed by atoms with Crippen LogP contribution in [0.1, 0.15) is 58.7 Å². The monoisotopic (exact) mass is 795 g/mol. The number of benzene rings is 1. The molecule has 16 nitrogen and oxygen atoms in total. The summed E-state index contributed by atoms with van der Waals surface area (Å²) in [6.07, 6.45) is 0.0772. The Kier molecular flexibility index (Phi) is 19.1. The Bertz CT molecular complexity index is 1670. The first-order chi connectivity index (χ1) is 27.5. The van der Waals surface area contributed by atoms with E-state index < -0.39 is 23.6 Å². The Hall–Kier alpha value is -4.71. The van der Waals surface area contributed by atoms with Crippen LogP contribution in [-0.2, 0) is 52.7 Å². The second-order valence-electron chi connectivity index (χ2n) is 14.1. The van der Waals surface area contributed by atoms with E-state index in [1.807, 2.05) is 57.2 Å². The van der Waals surface area contributed by atoms with Crippen molar-refractivity contribution in [3.8, 4) is 5.75 Å². The minimum atomic E-state index is -0.588. The molecule has 3 heterocycles. The first-order valence-electron chi connectivity index (χ1n) is 19.1. The normalized spacial score (nSPS) is 16.1. The smallest absolute Gasteiger partial charge is 0.412 e. The van der Waals surface area contributed by atoms with Crippen LogP contribution in [0.2, 0.25) is 0 Å². The van der Waals surface area contributed by atoms with Crippen molar-refractivity contribution in [3.05, 3.63) is 82.9 Å². The molecule has 0 aliphatic carbocycles. The van der Waals surface area contributed by atoms with Gasteiger partial charge in [-0.05, 0) is 50.6 Å². The Morgan fingerprint density at radius 1 is 0.684 bits per heavy atom. The van der Waals surface area contributed by atoms with E-state index in [9.17, 15) is 14.4 Å². The van der Waals surface area contributed by atoms with E-state index in [-0.39, 0.29) is 11.4 Å². The topological polar surface area (TPSA) is 169 Å². The Morgan fingerprint density at radius 2 is 1.21 bits per heavy atom. The lowest BCUT2D eigenvalue weighted by Gasteiger charge is -2.23. The molecule has 0 saturated carbocycles. The van der Waals surface area contributed by atoms with E-state index in [1.165, 1.54) is 14.2 Å². The molecule has 1 aliphatic heterocycles. The number of rotatable bonds is 11. The summed E-state index contributed by atoms with van der Waals surface area (Å²) in [6, 6.07) is 16.1. The summed E-state index contributed by atoms with van der Waals surface area (Å²) in [7, 11) is 2.65. The minimum Gasteiger partial charge on any atom is -0.493 e. The first kappa shape index (κ1) is 45.0. The maximum Gasteiger partial charge on any atom is 0.412 e. The number of carbonyl (C=O) groups is 3. The molecule has 1 amide bonds. The summed E-state index contributed by atoms with van der Waals surface area (Å²) in [6.45, 7) is 12.8. The zero-order valence-corrected chi connectivity index (χ0v) is 33.8. The molecule has 2 aromatic heterocycles. The number of methoxy groups -OCH3 is 2. The summed E-state index contributed by atoms with van der Waals surface area (Å²) in [4.78, 5) is 49.9. The van der Waals surface area contributed by atoms with Crippen LogP contribution in [0, 0.1) is 0 Å². The molecular weight excluding hydrogens is 738 g/mol. The van der Waals surface area contributed by atoms with Crippen molar-refractivity contribution < 1.29 is 52.3 Å². The minimum absolute atomic E-state index is 0.148. The number of nitrogens with one attached hydrogen (secondary N) is 1. The highest BCUT2D eigenvalue weighted by molar-refractivity contribution is 5.88. The van der Waals surface area contributed by atoms with Gasteiger partial charge in [0.15, 0.2) is 5.69 Å². The quantitative estimate of drug-likeness (QED) is 0.214. The van der Waals surface area contributed by atoms with Gasteiger partial charge in [-0.1, -0.05) is 18.2 Å². The molecule has 1 N–H and O–H groups in total. The maximum atomic E-state index is 12.6. The molecule has 1 aromatic carbocycles. The molecule has 0 spiro atoms. The fraction of sp³-hybridized carbons (Fsp3) is 0.537. The molecule has 3 aromatic rings. The molecule has 57 heavy (non-hydrogen) atoms. The fourth-order valence-electron chi connectivity index (χ4n) is 5.60. The summed E-state index contributed by atoms with van der Waals surface area (Å²) in [5, 5.41) is 2.73. The molecule has 1 fully saturated rings. The molecule has 312 valence electrons. The van der Waals surface area contributed by atoms with Gasteiger partial charge in [0, 0.05) is 63.5 Å².